The molecule has 0 fully saturated rings. The molecule has 3 rings (SSSR count). The highest BCUT2D eigenvalue weighted by Crippen LogP contribution is 2.59. The molecule has 9 heteroatoms. The number of hydrogen-bond acceptors (Lipinski definition) is 4. The monoisotopic (exact) mass is 394 g/mol. The van der Waals surface area contributed by atoms with Crippen molar-refractivity contribution in [2.75, 3.05) is 0 Å². The zero-order valence-electron chi connectivity index (χ0n) is 13.8. The first kappa shape index (κ1) is 18.4. The van der Waals surface area contributed by atoms with E-state index in [0.717, 1.165) is 22.7 Å². The Kier molecular flexibility index (Phi) is 4.11. The van der Waals surface area contributed by atoms with Crippen LogP contribution in [0.15, 0.2) is 12.2 Å². The molecule has 1 aliphatic carbocycles. The van der Waals surface area contributed by atoms with E-state index >= 15 is 13.2 Å². The molecule has 1 unspecified atom stereocenters. The minimum absolute atomic E-state index is 0.0590. The van der Waals surface area contributed by atoms with E-state index in [1.54, 1.807) is 27.7 Å². The van der Waals surface area contributed by atoms with Crippen molar-refractivity contribution >= 4 is 22.7 Å². The number of aryl methyl sites for hydroxylation is 4. The summed E-state index contributed by atoms with van der Waals surface area (Å²) >= 11 is 1.61. The van der Waals surface area contributed by atoms with Gasteiger partial charge in [0.05, 0.1) is 11.4 Å². The summed E-state index contributed by atoms with van der Waals surface area (Å²) in [5, 5.41) is -0.754. The zero-order chi connectivity index (χ0) is 18.8. The zero-order valence-corrected chi connectivity index (χ0v) is 15.5. The van der Waals surface area contributed by atoms with Crippen molar-refractivity contribution in [3.05, 3.63) is 43.3 Å². The van der Waals surface area contributed by atoms with Crippen LogP contribution < -0.4 is 0 Å². The minimum atomic E-state index is -4.72. The van der Waals surface area contributed by atoms with Crippen molar-refractivity contribution < 1.29 is 22.0 Å². The van der Waals surface area contributed by atoms with Crippen molar-refractivity contribution in [1.29, 1.82) is 0 Å². The fraction of sp³-hybridized carbons (Fsp3) is 0.500. The lowest BCUT2D eigenvalue weighted by Gasteiger charge is -2.44. The third-order valence-electron chi connectivity index (χ3n) is 4.53. The molecule has 1 aliphatic rings. The van der Waals surface area contributed by atoms with Crippen LogP contribution in [0.4, 0.5) is 22.0 Å². The predicted octanol–water partition coefficient (Wildman–Crippen LogP) is 5.30. The lowest BCUT2D eigenvalue weighted by molar-refractivity contribution is -0.227. The molecular weight excluding hydrogens is 379 g/mol. The average molecular weight is 394 g/mol. The highest BCUT2D eigenvalue weighted by Gasteiger charge is 2.76. The Morgan fingerprint density at radius 2 is 1.32 bits per heavy atom. The van der Waals surface area contributed by atoms with Gasteiger partial charge in [-0.3, -0.25) is 0 Å². The molecule has 2 heterocycles. The fourth-order valence-electron chi connectivity index (χ4n) is 2.77. The van der Waals surface area contributed by atoms with Crippen LogP contribution >= 0.6 is 22.7 Å². The lowest BCUT2D eigenvalue weighted by atomic mass is 9.71. The van der Waals surface area contributed by atoms with Gasteiger partial charge in [-0.1, -0.05) is 0 Å². The van der Waals surface area contributed by atoms with Gasteiger partial charge in [0.1, 0.15) is 16.2 Å². The van der Waals surface area contributed by atoms with E-state index < -0.39 is 23.4 Å². The molecule has 0 aromatic carbocycles. The second-order valence-electron chi connectivity index (χ2n) is 6.09. The molecule has 25 heavy (non-hydrogen) atoms. The number of alkyl halides is 5. The Labute approximate surface area is 149 Å². The summed E-state index contributed by atoms with van der Waals surface area (Å²) in [7, 11) is 0. The topological polar surface area (TPSA) is 25.8 Å². The molecule has 2 aromatic rings. The van der Waals surface area contributed by atoms with Crippen molar-refractivity contribution in [3.8, 4) is 0 Å². The quantitative estimate of drug-likeness (QED) is 0.510. The van der Waals surface area contributed by atoms with Gasteiger partial charge >= 0.3 is 11.8 Å². The molecular formula is C16H15F5N2S2. The third-order valence-corrected chi connectivity index (χ3v) is 6.95. The van der Waals surface area contributed by atoms with Crippen molar-refractivity contribution in [3.63, 3.8) is 0 Å². The molecule has 2 nitrogen and oxygen atoms in total. The van der Waals surface area contributed by atoms with Crippen molar-refractivity contribution in [2.45, 2.75) is 51.1 Å². The normalized spacial score (nSPS) is 23.8. The number of halogens is 5. The number of hydrogen-bond donors (Lipinski definition) is 0. The van der Waals surface area contributed by atoms with Crippen LogP contribution in [-0.4, -0.2) is 28.0 Å². The van der Waals surface area contributed by atoms with Gasteiger partial charge in [0.15, 0.2) is 5.41 Å². The largest absolute Gasteiger partial charge is 0.335 e. The Bertz CT molecular complexity index is 768. The van der Waals surface area contributed by atoms with E-state index in [9.17, 15) is 8.78 Å². The van der Waals surface area contributed by atoms with Crippen LogP contribution in [0.25, 0.3) is 0 Å². The van der Waals surface area contributed by atoms with E-state index in [1.165, 1.54) is 0 Å². The summed E-state index contributed by atoms with van der Waals surface area (Å²) in [5.74, 6) is -9.24. The molecule has 0 amide bonds. The average Bonchev–Trinajstić information content (AvgIpc) is 3.00. The summed E-state index contributed by atoms with van der Waals surface area (Å²) in [6.07, 6.45) is -1.94. The predicted molar refractivity (Wildman–Crippen MR) is 87.9 cm³/mol. The summed E-state index contributed by atoms with van der Waals surface area (Å²) in [6, 6.07) is 0. The second kappa shape index (κ2) is 5.57. The van der Waals surface area contributed by atoms with Crippen LogP contribution in [0.2, 0.25) is 0 Å². The SMILES string of the molecule is Cc1nc(C2(c3nc(C)c(C)s3)C(F)C=CC(F)(F)C2(F)F)sc1C. The summed E-state index contributed by atoms with van der Waals surface area (Å²) < 4.78 is 73.6. The van der Waals surface area contributed by atoms with Gasteiger partial charge < -0.3 is 0 Å². The van der Waals surface area contributed by atoms with Gasteiger partial charge in [0.25, 0.3) is 0 Å². The number of rotatable bonds is 2. The van der Waals surface area contributed by atoms with Gasteiger partial charge in [-0.05, 0) is 39.8 Å². The van der Waals surface area contributed by atoms with E-state index in [1.807, 2.05) is 0 Å². The smallest absolute Gasteiger partial charge is 0.245 e. The second-order valence-corrected chi connectivity index (χ2v) is 8.49. The van der Waals surface area contributed by atoms with Gasteiger partial charge in [-0.2, -0.15) is 17.6 Å². The summed E-state index contributed by atoms with van der Waals surface area (Å²) in [4.78, 5) is 9.20. The summed E-state index contributed by atoms with van der Waals surface area (Å²) in [6.45, 7) is 6.41. The van der Waals surface area contributed by atoms with E-state index in [4.69, 9.17) is 0 Å². The first-order chi connectivity index (χ1) is 11.4. The van der Waals surface area contributed by atoms with Crippen molar-refractivity contribution in [2.24, 2.45) is 0 Å². The maximum Gasteiger partial charge on any atom is 0.335 e. The Balaban J connectivity index is 2.42. The van der Waals surface area contributed by atoms with E-state index in [-0.39, 0.29) is 16.1 Å². The molecule has 0 spiro atoms. The maximum atomic E-state index is 15.1. The van der Waals surface area contributed by atoms with Crippen LogP contribution in [-0.2, 0) is 5.41 Å². The van der Waals surface area contributed by atoms with Gasteiger partial charge in [0.2, 0.25) is 0 Å². The molecule has 0 N–H and O–H groups in total. The van der Waals surface area contributed by atoms with Gasteiger partial charge in [0, 0.05) is 9.75 Å². The Hall–Kier alpha value is -1.35. The van der Waals surface area contributed by atoms with Crippen LogP contribution in [0.3, 0.4) is 0 Å². The molecule has 0 bridgehead atoms. The number of aromatic nitrogens is 2. The maximum absolute atomic E-state index is 15.1. The molecule has 1 atom stereocenters. The molecule has 0 aliphatic heterocycles. The first-order valence-corrected chi connectivity index (χ1v) is 9.06. The van der Waals surface area contributed by atoms with E-state index in [2.05, 4.69) is 9.97 Å². The summed E-state index contributed by atoms with van der Waals surface area (Å²) in [5.41, 5.74) is -2.13. The molecule has 0 saturated heterocycles. The molecule has 0 saturated carbocycles. The molecule has 0 radical (unpaired) electrons. The molecule has 136 valence electrons. The highest BCUT2D eigenvalue weighted by atomic mass is 32.1. The molecule has 2 aromatic heterocycles. The standard InChI is InChI=1S/C16H15F5N2S2/c1-7-9(3)24-12(22-7)15(13-23-8(2)10(4)25-13)11(17)5-6-14(18,19)16(15,20)21/h5-6,11H,1-4H3. The van der Waals surface area contributed by atoms with Gasteiger partial charge in [-0.15, -0.1) is 22.7 Å². The van der Waals surface area contributed by atoms with Crippen molar-refractivity contribution in [1.82, 2.24) is 9.97 Å². The fourth-order valence-corrected chi connectivity index (χ4v) is 5.16. The van der Waals surface area contributed by atoms with Gasteiger partial charge in [-0.25, -0.2) is 14.4 Å². The van der Waals surface area contributed by atoms with Crippen LogP contribution in [0, 0.1) is 27.7 Å². The number of thiazole rings is 2. The van der Waals surface area contributed by atoms with E-state index in [0.29, 0.717) is 27.2 Å². The third kappa shape index (κ3) is 2.31. The number of nitrogens with zero attached hydrogens (tertiary/aromatic N) is 2. The van der Waals surface area contributed by atoms with Crippen LogP contribution in [0.5, 0.6) is 0 Å². The van der Waals surface area contributed by atoms with Crippen LogP contribution in [0.1, 0.15) is 31.2 Å². The number of allylic oxidation sites excluding steroid dienone is 2. The Morgan fingerprint density at radius 3 is 1.68 bits per heavy atom. The minimum Gasteiger partial charge on any atom is -0.245 e. The highest BCUT2D eigenvalue weighted by molar-refractivity contribution is 7.13. The lowest BCUT2D eigenvalue weighted by Crippen LogP contribution is -2.63. The Morgan fingerprint density at radius 1 is 0.880 bits per heavy atom. The first-order valence-electron chi connectivity index (χ1n) is 7.43.